The van der Waals surface area contributed by atoms with Crippen molar-refractivity contribution in [3.05, 3.63) is 45.8 Å². The van der Waals surface area contributed by atoms with Crippen molar-refractivity contribution in [3.63, 3.8) is 0 Å². The van der Waals surface area contributed by atoms with Crippen LogP contribution in [0.4, 0.5) is 10.7 Å². The topological polar surface area (TPSA) is 102 Å². The highest BCUT2D eigenvalue weighted by molar-refractivity contribution is 7.16. The van der Waals surface area contributed by atoms with E-state index in [0.717, 1.165) is 4.88 Å². The largest absolute Gasteiger partial charge is 0.454 e. The van der Waals surface area contributed by atoms with Crippen molar-refractivity contribution in [3.8, 4) is 0 Å². The number of hydrogen-bond donors (Lipinski definition) is 2. The van der Waals surface area contributed by atoms with Gasteiger partial charge in [-0.05, 0) is 43.7 Å². The summed E-state index contributed by atoms with van der Waals surface area (Å²) in [6.45, 7) is 6.28. The third-order valence-electron chi connectivity index (χ3n) is 4.03. The van der Waals surface area contributed by atoms with Crippen LogP contribution in [0.3, 0.4) is 0 Å². The highest BCUT2D eigenvalue weighted by Crippen LogP contribution is 2.33. The first-order chi connectivity index (χ1) is 13.2. The molecule has 0 spiro atoms. The van der Waals surface area contributed by atoms with Crippen LogP contribution in [-0.4, -0.2) is 30.2 Å². The lowest BCUT2D eigenvalue weighted by atomic mass is 10.1. The lowest BCUT2D eigenvalue weighted by Gasteiger charge is -2.08. The van der Waals surface area contributed by atoms with Gasteiger partial charge >= 0.3 is 5.97 Å². The Bertz CT molecular complexity index is 915. The van der Waals surface area contributed by atoms with Crippen LogP contribution in [0.25, 0.3) is 0 Å². The van der Waals surface area contributed by atoms with Crippen LogP contribution in [0.5, 0.6) is 0 Å². The number of nitrogens with one attached hydrogen (secondary N) is 2. The van der Waals surface area contributed by atoms with Gasteiger partial charge in [0.1, 0.15) is 5.00 Å². The van der Waals surface area contributed by atoms with E-state index < -0.39 is 12.6 Å². The zero-order chi connectivity index (χ0) is 20.8. The summed E-state index contributed by atoms with van der Waals surface area (Å²) in [5, 5.41) is 5.72. The molecule has 2 N–H and O–H groups in total. The first-order valence-corrected chi connectivity index (χ1v) is 9.52. The lowest BCUT2D eigenvalue weighted by Crippen LogP contribution is -2.16. The number of aryl methyl sites for hydroxylation is 1. The van der Waals surface area contributed by atoms with Crippen molar-refractivity contribution < 1.29 is 23.9 Å². The molecule has 0 aliphatic carbocycles. The van der Waals surface area contributed by atoms with Gasteiger partial charge in [0, 0.05) is 29.5 Å². The zero-order valence-electron chi connectivity index (χ0n) is 16.2. The van der Waals surface area contributed by atoms with Gasteiger partial charge in [-0.3, -0.25) is 14.4 Å². The van der Waals surface area contributed by atoms with Gasteiger partial charge in [0.05, 0.1) is 5.56 Å². The van der Waals surface area contributed by atoms with Gasteiger partial charge in [0.2, 0.25) is 11.8 Å². The van der Waals surface area contributed by atoms with Crippen molar-refractivity contribution >= 4 is 45.6 Å². The standard InChI is InChI=1S/C20H22N2O5S/c1-5-17(25)22-15-8-6-14(7-9-15)16(24)10-27-20(26)18-11(2)12(3)28-19(18)21-13(4)23/h6-9H,5,10H2,1-4H3,(H,21,23)(H,22,25). The van der Waals surface area contributed by atoms with Gasteiger partial charge in [-0.2, -0.15) is 0 Å². The smallest absolute Gasteiger partial charge is 0.341 e. The van der Waals surface area contributed by atoms with Gasteiger partial charge in [-0.1, -0.05) is 6.92 Å². The average molecular weight is 402 g/mol. The molecule has 0 saturated heterocycles. The van der Waals surface area contributed by atoms with Gasteiger partial charge in [0.25, 0.3) is 0 Å². The number of rotatable bonds is 7. The molecule has 0 aliphatic rings. The second-order valence-electron chi connectivity index (χ2n) is 6.15. The molecule has 0 radical (unpaired) electrons. The number of esters is 1. The fraction of sp³-hybridized carbons (Fsp3) is 0.300. The predicted octanol–water partition coefficient (Wildman–Crippen LogP) is 3.71. The van der Waals surface area contributed by atoms with E-state index in [9.17, 15) is 19.2 Å². The molecule has 0 fully saturated rings. The zero-order valence-corrected chi connectivity index (χ0v) is 17.0. The normalized spacial score (nSPS) is 10.3. The minimum Gasteiger partial charge on any atom is -0.454 e. The Hall–Kier alpha value is -3.00. The number of thiophene rings is 1. The van der Waals surface area contributed by atoms with Crippen LogP contribution in [0.1, 0.15) is 51.4 Å². The molecule has 0 unspecified atom stereocenters. The number of amides is 2. The Balaban J connectivity index is 2.04. The molecule has 0 saturated carbocycles. The van der Waals surface area contributed by atoms with Crippen LogP contribution in [-0.2, 0) is 14.3 Å². The molecule has 1 heterocycles. The molecule has 7 nitrogen and oxygen atoms in total. The van der Waals surface area contributed by atoms with Crippen molar-refractivity contribution in [1.82, 2.24) is 0 Å². The van der Waals surface area contributed by atoms with E-state index in [1.165, 1.54) is 18.3 Å². The molecule has 0 atom stereocenters. The van der Waals surface area contributed by atoms with E-state index in [2.05, 4.69) is 10.6 Å². The molecule has 2 amide bonds. The number of carbonyl (C=O) groups excluding carboxylic acids is 4. The second kappa shape index (κ2) is 9.27. The van der Waals surface area contributed by atoms with Crippen LogP contribution < -0.4 is 10.6 Å². The summed E-state index contributed by atoms with van der Waals surface area (Å²) in [7, 11) is 0. The monoisotopic (exact) mass is 402 g/mol. The number of benzene rings is 1. The molecule has 0 aliphatic heterocycles. The van der Waals surface area contributed by atoms with Crippen LogP contribution >= 0.6 is 11.3 Å². The number of Topliss-reactive ketones (excluding diaryl/α,β-unsaturated/α-hetero) is 1. The van der Waals surface area contributed by atoms with Gasteiger partial charge < -0.3 is 15.4 Å². The van der Waals surface area contributed by atoms with E-state index in [1.807, 2.05) is 6.92 Å². The number of ether oxygens (including phenoxy) is 1. The maximum absolute atomic E-state index is 12.5. The Labute approximate surface area is 167 Å². The molecule has 1 aromatic heterocycles. The average Bonchev–Trinajstić information content (AvgIpc) is 2.92. The fourth-order valence-electron chi connectivity index (χ4n) is 2.40. The summed E-state index contributed by atoms with van der Waals surface area (Å²) in [5.41, 5.74) is 1.93. The third-order valence-corrected chi connectivity index (χ3v) is 5.15. The Morgan fingerprint density at radius 2 is 1.68 bits per heavy atom. The van der Waals surface area contributed by atoms with Gasteiger partial charge in [-0.15, -0.1) is 11.3 Å². The first kappa shape index (κ1) is 21.3. The Morgan fingerprint density at radius 1 is 1.04 bits per heavy atom. The highest BCUT2D eigenvalue weighted by atomic mass is 32.1. The fourth-order valence-corrected chi connectivity index (χ4v) is 3.49. The Kier molecular flexibility index (Phi) is 7.06. The molecule has 1 aromatic carbocycles. The van der Waals surface area contributed by atoms with Gasteiger partial charge in [-0.25, -0.2) is 4.79 Å². The molecular formula is C20H22N2O5S. The molecule has 2 aromatic rings. The lowest BCUT2D eigenvalue weighted by molar-refractivity contribution is -0.116. The van der Waals surface area contributed by atoms with E-state index in [1.54, 1.807) is 38.1 Å². The number of anilines is 2. The van der Waals surface area contributed by atoms with E-state index >= 15 is 0 Å². The maximum Gasteiger partial charge on any atom is 0.341 e. The van der Waals surface area contributed by atoms with Crippen molar-refractivity contribution in [2.24, 2.45) is 0 Å². The SMILES string of the molecule is CCC(=O)Nc1ccc(C(=O)COC(=O)c2c(NC(C)=O)sc(C)c2C)cc1. The number of ketones is 1. The summed E-state index contributed by atoms with van der Waals surface area (Å²) in [6, 6.07) is 6.35. The van der Waals surface area contributed by atoms with Crippen LogP contribution in [0.2, 0.25) is 0 Å². The summed E-state index contributed by atoms with van der Waals surface area (Å²) < 4.78 is 5.17. The summed E-state index contributed by atoms with van der Waals surface area (Å²) in [4.78, 5) is 48.3. The Morgan fingerprint density at radius 3 is 2.25 bits per heavy atom. The summed E-state index contributed by atoms with van der Waals surface area (Å²) >= 11 is 1.28. The van der Waals surface area contributed by atoms with Crippen molar-refractivity contribution in [2.75, 3.05) is 17.2 Å². The molecule has 28 heavy (non-hydrogen) atoms. The quantitative estimate of drug-likeness (QED) is 0.543. The predicted molar refractivity (Wildman–Crippen MR) is 108 cm³/mol. The summed E-state index contributed by atoms with van der Waals surface area (Å²) in [6.07, 6.45) is 0.360. The maximum atomic E-state index is 12.5. The molecule has 148 valence electrons. The molecule has 8 heteroatoms. The summed E-state index contributed by atoms with van der Waals surface area (Å²) in [5.74, 6) is -1.44. The van der Waals surface area contributed by atoms with Crippen molar-refractivity contribution in [1.29, 1.82) is 0 Å². The third kappa shape index (κ3) is 5.26. The minimum absolute atomic E-state index is 0.121. The van der Waals surface area contributed by atoms with Gasteiger partial charge in [0.15, 0.2) is 12.4 Å². The minimum atomic E-state index is -0.661. The van der Waals surface area contributed by atoms with E-state index in [0.29, 0.717) is 28.2 Å². The highest BCUT2D eigenvalue weighted by Gasteiger charge is 2.22. The van der Waals surface area contributed by atoms with Crippen LogP contribution in [0.15, 0.2) is 24.3 Å². The van der Waals surface area contributed by atoms with Crippen LogP contribution in [0, 0.1) is 13.8 Å². The molecule has 2 rings (SSSR count). The number of hydrogen-bond acceptors (Lipinski definition) is 6. The molecule has 0 bridgehead atoms. The first-order valence-electron chi connectivity index (χ1n) is 8.70. The number of carbonyl (C=O) groups is 4. The molecular weight excluding hydrogens is 380 g/mol. The second-order valence-corrected chi connectivity index (χ2v) is 7.37. The van der Waals surface area contributed by atoms with E-state index in [-0.39, 0.29) is 23.2 Å². The van der Waals surface area contributed by atoms with E-state index in [4.69, 9.17) is 4.74 Å². The van der Waals surface area contributed by atoms with Crippen molar-refractivity contribution in [2.45, 2.75) is 34.1 Å².